The molecular formula is C20H26N2O5. The van der Waals surface area contributed by atoms with Gasteiger partial charge in [-0.1, -0.05) is 12.1 Å². The summed E-state index contributed by atoms with van der Waals surface area (Å²) in [4.78, 5) is 48.3. The number of rotatable bonds is 8. The molecule has 0 bridgehead atoms. The number of benzene rings is 1. The van der Waals surface area contributed by atoms with Crippen molar-refractivity contribution in [3.63, 3.8) is 0 Å². The fourth-order valence-electron chi connectivity index (χ4n) is 2.87. The summed E-state index contributed by atoms with van der Waals surface area (Å²) >= 11 is 0. The van der Waals surface area contributed by atoms with Gasteiger partial charge in [0.15, 0.2) is 12.4 Å². The van der Waals surface area contributed by atoms with Gasteiger partial charge in [-0.05, 0) is 42.9 Å². The first-order valence-electron chi connectivity index (χ1n) is 9.14. The number of ketones is 1. The Morgan fingerprint density at radius 3 is 2.44 bits per heavy atom. The Bertz CT molecular complexity index is 727. The van der Waals surface area contributed by atoms with E-state index in [1.165, 1.54) is 22.4 Å². The summed E-state index contributed by atoms with van der Waals surface area (Å²) in [5.74, 6) is -1.54. The number of aryl methyl sites for hydroxylation is 2. The third-order valence-corrected chi connectivity index (χ3v) is 4.53. The number of fused-ring (bicyclic) bond motifs is 1. The van der Waals surface area contributed by atoms with Crippen LogP contribution in [0.3, 0.4) is 0 Å². The van der Waals surface area contributed by atoms with E-state index in [0.717, 1.165) is 19.3 Å². The summed E-state index contributed by atoms with van der Waals surface area (Å²) in [6, 6.07) is 5.74. The molecule has 0 aliphatic heterocycles. The summed E-state index contributed by atoms with van der Waals surface area (Å²) < 4.78 is 4.85. The quantitative estimate of drug-likeness (QED) is 0.546. The summed E-state index contributed by atoms with van der Waals surface area (Å²) in [5.41, 5.74) is 3.14. The number of hydrogen-bond acceptors (Lipinski definition) is 5. The average molecular weight is 374 g/mol. The normalized spacial score (nSPS) is 12.7. The SMILES string of the molecule is CN(C)C(=O)CNC(=O)COC(=O)CCC(=O)c1ccc2c(c1)CCCC2. The van der Waals surface area contributed by atoms with Gasteiger partial charge in [0.25, 0.3) is 5.91 Å². The third-order valence-electron chi connectivity index (χ3n) is 4.53. The minimum atomic E-state index is -0.615. The highest BCUT2D eigenvalue weighted by Gasteiger charge is 2.15. The van der Waals surface area contributed by atoms with Gasteiger partial charge in [-0.3, -0.25) is 19.2 Å². The van der Waals surface area contributed by atoms with Gasteiger partial charge in [-0.25, -0.2) is 0 Å². The number of amides is 2. The number of hydrogen-bond donors (Lipinski definition) is 1. The Morgan fingerprint density at radius 1 is 1.04 bits per heavy atom. The van der Waals surface area contributed by atoms with Crippen molar-refractivity contribution in [3.05, 3.63) is 34.9 Å². The molecule has 0 fully saturated rings. The van der Waals surface area contributed by atoms with Crippen molar-refractivity contribution in [2.75, 3.05) is 27.2 Å². The average Bonchev–Trinajstić information content (AvgIpc) is 2.67. The summed E-state index contributed by atoms with van der Waals surface area (Å²) in [7, 11) is 3.15. The van der Waals surface area contributed by atoms with Gasteiger partial charge < -0.3 is 15.0 Å². The van der Waals surface area contributed by atoms with E-state index in [2.05, 4.69) is 5.32 Å². The highest BCUT2D eigenvalue weighted by atomic mass is 16.5. The van der Waals surface area contributed by atoms with Crippen molar-refractivity contribution in [2.45, 2.75) is 38.5 Å². The fraction of sp³-hybridized carbons (Fsp3) is 0.500. The van der Waals surface area contributed by atoms with E-state index >= 15 is 0 Å². The maximum Gasteiger partial charge on any atom is 0.306 e. The second kappa shape index (κ2) is 9.85. The molecule has 2 amide bonds. The van der Waals surface area contributed by atoms with Crippen LogP contribution in [0.15, 0.2) is 18.2 Å². The molecular weight excluding hydrogens is 348 g/mol. The predicted molar refractivity (Wildman–Crippen MR) is 99.3 cm³/mol. The number of nitrogens with one attached hydrogen (secondary N) is 1. The van der Waals surface area contributed by atoms with Gasteiger partial charge in [-0.15, -0.1) is 0 Å². The van der Waals surface area contributed by atoms with E-state index in [9.17, 15) is 19.2 Å². The molecule has 0 unspecified atom stereocenters. The van der Waals surface area contributed by atoms with E-state index in [0.29, 0.717) is 5.56 Å². The molecule has 1 aliphatic carbocycles. The second-order valence-electron chi connectivity index (χ2n) is 6.84. The molecule has 0 saturated carbocycles. The summed E-state index contributed by atoms with van der Waals surface area (Å²) in [5, 5.41) is 2.36. The van der Waals surface area contributed by atoms with Gasteiger partial charge >= 0.3 is 5.97 Å². The zero-order valence-electron chi connectivity index (χ0n) is 15.9. The van der Waals surface area contributed by atoms with E-state index < -0.39 is 18.5 Å². The Kier molecular flexibility index (Phi) is 7.52. The van der Waals surface area contributed by atoms with Crippen LogP contribution in [0.1, 0.15) is 47.2 Å². The maximum absolute atomic E-state index is 12.3. The lowest BCUT2D eigenvalue weighted by molar-refractivity contribution is -0.148. The first kappa shape index (κ1) is 20.6. The second-order valence-corrected chi connectivity index (χ2v) is 6.84. The third kappa shape index (κ3) is 6.51. The van der Waals surface area contributed by atoms with Crippen molar-refractivity contribution in [3.8, 4) is 0 Å². The van der Waals surface area contributed by atoms with Gasteiger partial charge in [0.2, 0.25) is 5.91 Å². The molecule has 0 heterocycles. The largest absolute Gasteiger partial charge is 0.456 e. The highest BCUT2D eigenvalue weighted by molar-refractivity contribution is 5.98. The van der Waals surface area contributed by atoms with Crippen molar-refractivity contribution < 1.29 is 23.9 Å². The van der Waals surface area contributed by atoms with Crippen LogP contribution in [-0.4, -0.2) is 55.7 Å². The van der Waals surface area contributed by atoms with Crippen LogP contribution in [0.5, 0.6) is 0 Å². The molecule has 7 heteroatoms. The Balaban J connectivity index is 1.71. The van der Waals surface area contributed by atoms with Gasteiger partial charge in [-0.2, -0.15) is 0 Å². The zero-order chi connectivity index (χ0) is 19.8. The van der Waals surface area contributed by atoms with Gasteiger partial charge in [0.1, 0.15) is 0 Å². The highest BCUT2D eigenvalue weighted by Crippen LogP contribution is 2.22. The lowest BCUT2D eigenvalue weighted by atomic mass is 9.89. The van der Waals surface area contributed by atoms with Gasteiger partial charge in [0.05, 0.1) is 13.0 Å². The molecule has 0 saturated heterocycles. The van der Waals surface area contributed by atoms with Crippen molar-refractivity contribution in [2.24, 2.45) is 0 Å². The first-order valence-corrected chi connectivity index (χ1v) is 9.14. The van der Waals surface area contributed by atoms with E-state index in [-0.39, 0.29) is 31.1 Å². The summed E-state index contributed by atoms with van der Waals surface area (Å²) in [6.07, 6.45) is 4.32. The molecule has 1 N–H and O–H groups in total. The smallest absolute Gasteiger partial charge is 0.306 e. The fourth-order valence-corrected chi connectivity index (χ4v) is 2.87. The van der Waals surface area contributed by atoms with E-state index in [1.54, 1.807) is 14.1 Å². The molecule has 0 atom stereocenters. The Labute approximate surface area is 159 Å². The number of carbonyl (C=O) groups excluding carboxylic acids is 4. The van der Waals surface area contributed by atoms with Crippen LogP contribution in [-0.2, 0) is 32.0 Å². The lowest BCUT2D eigenvalue weighted by Gasteiger charge is -2.16. The van der Waals surface area contributed by atoms with Crippen molar-refractivity contribution in [1.29, 1.82) is 0 Å². The van der Waals surface area contributed by atoms with Crippen LogP contribution in [0.2, 0.25) is 0 Å². The van der Waals surface area contributed by atoms with Crippen LogP contribution < -0.4 is 5.32 Å². The van der Waals surface area contributed by atoms with E-state index in [1.807, 2.05) is 18.2 Å². The minimum Gasteiger partial charge on any atom is -0.456 e. The number of Topliss-reactive ketones (excluding diaryl/α,β-unsaturated/α-hetero) is 1. The Morgan fingerprint density at radius 2 is 1.74 bits per heavy atom. The van der Waals surface area contributed by atoms with Crippen LogP contribution in [0.25, 0.3) is 0 Å². The monoisotopic (exact) mass is 374 g/mol. The van der Waals surface area contributed by atoms with Gasteiger partial charge in [0, 0.05) is 26.1 Å². The molecule has 2 rings (SSSR count). The number of esters is 1. The van der Waals surface area contributed by atoms with Crippen LogP contribution in [0, 0.1) is 0 Å². The predicted octanol–water partition coefficient (Wildman–Crippen LogP) is 1.28. The molecule has 27 heavy (non-hydrogen) atoms. The number of carbonyl (C=O) groups is 4. The lowest BCUT2D eigenvalue weighted by Crippen LogP contribution is -2.38. The van der Waals surface area contributed by atoms with Crippen molar-refractivity contribution >= 4 is 23.6 Å². The maximum atomic E-state index is 12.3. The zero-order valence-corrected chi connectivity index (χ0v) is 15.9. The minimum absolute atomic E-state index is 0.0400. The molecule has 0 aromatic heterocycles. The molecule has 1 aliphatic rings. The standard InChI is InChI=1S/C20H26N2O5/c1-22(2)19(25)12-21-18(24)13-27-20(26)10-9-17(23)16-8-7-14-5-3-4-6-15(14)11-16/h7-8,11H,3-6,9-10,12-13H2,1-2H3,(H,21,24). The molecule has 146 valence electrons. The molecule has 0 radical (unpaired) electrons. The van der Waals surface area contributed by atoms with Crippen molar-refractivity contribution in [1.82, 2.24) is 10.2 Å². The number of nitrogens with zero attached hydrogens (tertiary/aromatic N) is 1. The number of ether oxygens (including phenoxy) is 1. The molecule has 0 spiro atoms. The summed E-state index contributed by atoms with van der Waals surface area (Å²) in [6.45, 7) is -0.618. The topological polar surface area (TPSA) is 92.8 Å². The molecule has 7 nitrogen and oxygen atoms in total. The molecule has 1 aromatic rings. The first-order chi connectivity index (χ1) is 12.9. The van der Waals surface area contributed by atoms with Crippen LogP contribution >= 0.6 is 0 Å². The number of likely N-dealkylation sites (N-methyl/N-ethyl adjacent to an activating group) is 1. The molecule has 1 aromatic carbocycles. The van der Waals surface area contributed by atoms with E-state index in [4.69, 9.17) is 4.74 Å². The Hall–Kier alpha value is -2.70. The van der Waals surface area contributed by atoms with Crippen LogP contribution in [0.4, 0.5) is 0 Å².